The van der Waals surface area contributed by atoms with Gasteiger partial charge in [-0.05, 0) is 26.7 Å². The van der Waals surface area contributed by atoms with Crippen LogP contribution < -0.4 is 0 Å². The van der Waals surface area contributed by atoms with Crippen molar-refractivity contribution < 1.29 is 17.9 Å². The first kappa shape index (κ1) is 15.2. The normalized spacial score (nSPS) is 15.2. The molecule has 16 heavy (non-hydrogen) atoms. The number of carbonyl (C=O) groups is 1. The van der Waals surface area contributed by atoms with Gasteiger partial charge in [0.15, 0.2) is 0 Å². The highest BCUT2D eigenvalue weighted by Crippen LogP contribution is 2.26. The highest BCUT2D eigenvalue weighted by molar-refractivity contribution is 7.90. The Kier molecular flexibility index (Phi) is 5.72. The summed E-state index contributed by atoms with van der Waals surface area (Å²) in [5.74, 6) is -0.269. The van der Waals surface area contributed by atoms with Crippen LogP contribution in [0.15, 0.2) is 12.7 Å². The molecule has 0 aliphatic heterocycles. The molecule has 1 unspecified atom stereocenters. The van der Waals surface area contributed by atoms with E-state index in [1.165, 1.54) is 12.3 Å². The van der Waals surface area contributed by atoms with Gasteiger partial charge in [0.1, 0.15) is 9.84 Å². The maximum absolute atomic E-state index is 11.6. The average molecular weight is 248 g/mol. The van der Waals surface area contributed by atoms with Crippen molar-refractivity contribution in [2.45, 2.75) is 26.7 Å². The van der Waals surface area contributed by atoms with Crippen LogP contribution in [0.1, 0.15) is 26.7 Å². The van der Waals surface area contributed by atoms with E-state index in [1.54, 1.807) is 13.8 Å². The molecule has 0 aromatic rings. The van der Waals surface area contributed by atoms with Gasteiger partial charge in [0.05, 0.1) is 12.0 Å². The van der Waals surface area contributed by atoms with Crippen LogP contribution in [0.5, 0.6) is 0 Å². The number of hydrogen-bond acceptors (Lipinski definition) is 4. The van der Waals surface area contributed by atoms with Crippen molar-refractivity contribution in [3.63, 3.8) is 0 Å². The standard InChI is InChI=1S/C11H20O4S/c1-5-11(3,10(12)15-6-2)8-7-9-16(4,13)14/h5H,1,6-9H2,2-4H3. The van der Waals surface area contributed by atoms with Crippen molar-refractivity contribution in [3.05, 3.63) is 12.7 Å². The van der Waals surface area contributed by atoms with E-state index in [4.69, 9.17) is 4.74 Å². The lowest BCUT2D eigenvalue weighted by Crippen LogP contribution is -2.28. The molecule has 0 aromatic heterocycles. The van der Waals surface area contributed by atoms with Crippen LogP contribution in [0, 0.1) is 5.41 Å². The molecule has 0 aliphatic carbocycles. The Bertz CT molecular complexity index is 345. The number of rotatable bonds is 7. The van der Waals surface area contributed by atoms with E-state index in [-0.39, 0.29) is 11.7 Å². The second kappa shape index (κ2) is 6.03. The van der Waals surface area contributed by atoms with E-state index in [0.29, 0.717) is 19.4 Å². The quantitative estimate of drug-likeness (QED) is 0.507. The van der Waals surface area contributed by atoms with E-state index in [2.05, 4.69) is 6.58 Å². The van der Waals surface area contributed by atoms with Gasteiger partial charge in [0.25, 0.3) is 0 Å². The number of esters is 1. The van der Waals surface area contributed by atoms with Crippen LogP contribution in [0.2, 0.25) is 0 Å². The second-order valence-electron chi connectivity index (χ2n) is 4.08. The molecule has 0 fully saturated rings. The van der Waals surface area contributed by atoms with E-state index in [0.717, 1.165) is 0 Å². The van der Waals surface area contributed by atoms with Crippen molar-refractivity contribution in [2.24, 2.45) is 5.41 Å². The highest BCUT2D eigenvalue weighted by Gasteiger charge is 2.31. The molecule has 0 amide bonds. The molecule has 0 saturated heterocycles. The molecule has 1 atom stereocenters. The number of ether oxygens (including phenoxy) is 1. The van der Waals surface area contributed by atoms with Gasteiger partial charge in [-0.1, -0.05) is 6.08 Å². The van der Waals surface area contributed by atoms with Gasteiger partial charge in [-0.15, -0.1) is 6.58 Å². The minimum absolute atomic E-state index is 0.0792. The average Bonchev–Trinajstić information content (AvgIpc) is 2.15. The summed E-state index contributed by atoms with van der Waals surface area (Å²) in [7, 11) is -2.98. The minimum atomic E-state index is -2.98. The maximum atomic E-state index is 11.6. The summed E-state index contributed by atoms with van der Waals surface area (Å²) in [5, 5.41) is 0. The lowest BCUT2D eigenvalue weighted by atomic mass is 9.86. The summed E-state index contributed by atoms with van der Waals surface area (Å²) in [5.41, 5.74) is -0.791. The molecule has 4 nitrogen and oxygen atoms in total. The van der Waals surface area contributed by atoms with Crippen molar-refractivity contribution in [3.8, 4) is 0 Å². The van der Waals surface area contributed by atoms with Crippen LogP contribution in [-0.4, -0.2) is 33.0 Å². The molecule has 0 saturated carbocycles. The number of carbonyl (C=O) groups excluding carboxylic acids is 1. The fourth-order valence-electron chi connectivity index (χ4n) is 1.29. The minimum Gasteiger partial charge on any atom is -0.465 e. The number of sulfone groups is 1. The van der Waals surface area contributed by atoms with E-state index in [9.17, 15) is 13.2 Å². The third kappa shape index (κ3) is 5.30. The summed E-state index contributed by atoms with van der Waals surface area (Å²) < 4.78 is 26.8. The molecule has 94 valence electrons. The summed E-state index contributed by atoms with van der Waals surface area (Å²) in [6.45, 7) is 7.36. The maximum Gasteiger partial charge on any atom is 0.315 e. The molecule has 0 rings (SSSR count). The topological polar surface area (TPSA) is 60.4 Å². The molecule has 5 heteroatoms. The van der Waals surface area contributed by atoms with Crippen LogP contribution in [0.4, 0.5) is 0 Å². The molecular formula is C11H20O4S. The third-order valence-electron chi connectivity index (χ3n) is 2.40. The van der Waals surface area contributed by atoms with Gasteiger partial charge < -0.3 is 4.74 Å². The monoisotopic (exact) mass is 248 g/mol. The third-order valence-corrected chi connectivity index (χ3v) is 3.43. The van der Waals surface area contributed by atoms with Crippen molar-refractivity contribution >= 4 is 15.8 Å². The van der Waals surface area contributed by atoms with E-state index >= 15 is 0 Å². The number of hydrogen-bond donors (Lipinski definition) is 0. The van der Waals surface area contributed by atoms with Crippen molar-refractivity contribution in [2.75, 3.05) is 18.6 Å². The van der Waals surface area contributed by atoms with Crippen molar-refractivity contribution in [1.82, 2.24) is 0 Å². The van der Waals surface area contributed by atoms with Gasteiger partial charge in [-0.3, -0.25) is 4.79 Å². The zero-order valence-electron chi connectivity index (χ0n) is 10.2. The Morgan fingerprint density at radius 1 is 1.50 bits per heavy atom. The molecule has 0 aromatic carbocycles. The van der Waals surface area contributed by atoms with E-state index in [1.807, 2.05) is 0 Å². The molecule has 0 N–H and O–H groups in total. The first-order valence-electron chi connectivity index (χ1n) is 5.23. The van der Waals surface area contributed by atoms with Crippen LogP contribution in [0.3, 0.4) is 0 Å². The Hall–Kier alpha value is -0.840. The Morgan fingerprint density at radius 3 is 2.44 bits per heavy atom. The molecule has 0 spiro atoms. The zero-order valence-corrected chi connectivity index (χ0v) is 11.0. The van der Waals surface area contributed by atoms with Crippen LogP contribution in [-0.2, 0) is 19.4 Å². The summed E-state index contributed by atoms with van der Waals surface area (Å²) in [6.07, 6.45) is 3.57. The first-order valence-corrected chi connectivity index (χ1v) is 7.30. The van der Waals surface area contributed by atoms with Gasteiger partial charge in [-0.2, -0.15) is 0 Å². The molecule has 0 aliphatic rings. The van der Waals surface area contributed by atoms with Crippen LogP contribution >= 0.6 is 0 Å². The van der Waals surface area contributed by atoms with Crippen LogP contribution in [0.25, 0.3) is 0 Å². The Labute approximate surface area is 97.6 Å². The Morgan fingerprint density at radius 2 is 2.06 bits per heavy atom. The predicted molar refractivity (Wildman–Crippen MR) is 63.9 cm³/mol. The van der Waals surface area contributed by atoms with Gasteiger partial charge in [0, 0.05) is 12.0 Å². The molecule has 0 bridgehead atoms. The fourth-order valence-corrected chi connectivity index (χ4v) is 1.95. The van der Waals surface area contributed by atoms with Gasteiger partial charge >= 0.3 is 5.97 Å². The lowest BCUT2D eigenvalue weighted by Gasteiger charge is -2.22. The van der Waals surface area contributed by atoms with Gasteiger partial charge in [-0.25, -0.2) is 8.42 Å². The highest BCUT2D eigenvalue weighted by atomic mass is 32.2. The summed E-state index contributed by atoms with van der Waals surface area (Å²) in [6, 6.07) is 0. The zero-order chi connectivity index (χ0) is 12.8. The smallest absolute Gasteiger partial charge is 0.315 e. The molecule has 0 radical (unpaired) electrons. The van der Waals surface area contributed by atoms with Gasteiger partial charge in [0.2, 0.25) is 0 Å². The molecule has 0 heterocycles. The molecular weight excluding hydrogens is 228 g/mol. The Balaban J connectivity index is 4.38. The predicted octanol–water partition coefficient (Wildman–Crippen LogP) is 1.57. The summed E-state index contributed by atoms with van der Waals surface area (Å²) >= 11 is 0. The first-order chi connectivity index (χ1) is 7.25. The van der Waals surface area contributed by atoms with E-state index < -0.39 is 15.3 Å². The SMILES string of the molecule is C=CC(C)(CCCS(C)(=O)=O)C(=O)OCC. The van der Waals surface area contributed by atoms with Crippen molar-refractivity contribution in [1.29, 1.82) is 0 Å². The lowest BCUT2D eigenvalue weighted by molar-refractivity contribution is -0.151. The largest absolute Gasteiger partial charge is 0.465 e. The summed E-state index contributed by atoms with van der Waals surface area (Å²) in [4.78, 5) is 11.6. The fraction of sp³-hybridized carbons (Fsp3) is 0.727. The second-order valence-corrected chi connectivity index (χ2v) is 6.34.